The molecule has 1 saturated heterocycles. The third-order valence-corrected chi connectivity index (χ3v) is 9.36. The van der Waals surface area contributed by atoms with E-state index < -0.39 is 23.4 Å². The van der Waals surface area contributed by atoms with E-state index >= 15 is 4.79 Å². The Morgan fingerprint density at radius 2 is 1.64 bits per heavy atom. The molecule has 220 valence electrons. The summed E-state index contributed by atoms with van der Waals surface area (Å²) in [5.41, 5.74) is 3.97. The van der Waals surface area contributed by atoms with Crippen molar-refractivity contribution in [1.29, 1.82) is 0 Å². The molecule has 0 unspecified atom stereocenters. The molecular weight excluding hydrogens is 548 g/mol. The Kier molecular flexibility index (Phi) is 6.73. The van der Waals surface area contributed by atoms with Gasteiger partial charge in [-0.25, -0.2) is 0 Å². The van der Waals surface area contributed by atoms with E-state index in [1.807, 2.05) is 90.0 Å². The second-order valence-corrected chi connectivity index (χ2v) is 12.3. The number of nitrogens with one attached hydrogen (secondary N) is 1. The summed E-state index contributed by atoms with van der Waals surface area (Å²) in [5, 5.41) is 3.11. The number of carbonyl (C=O) groups is 3. The minimum Gasteiger partial charge on any atom is -0.497 e. The van der Waals surface area contributed by atoms with E-state index in [9.17, 15) is 9.59 Å². The van der Waals surface area contributed by atoms with E-state index in [1.54, 1.807) is 31.4 Å². The van der Waals surface area contributed by atoms with Crippen LogP contribution in [0.2, 0.25) is 0 Å². The lowest BCUT2D eigenvalue weighted by Gasteiger charge is -2.38. The summed E-state index contributed by atoms with van der Waals surface area (Å²) in [6, 6.07) is 28.7. The van der Waals surface area contributed by atoms with Crippen LogP contribution in [-0.4, -0.2) is 35.5 Å². The summed E-state index contributed by atoms with van der Waals surface area (Å²) in [7, 11) is 1.56. The lowest BCUT2D eigenvalue weighted by Crippen LogP contribution is -2.49. The molecule has 0 aliphatic carbocycles. The zero-order chi connectivity index (χ0) is 30.6. The number of methoxy groups -OCH3 is 1. The van der Waals surface area contributed by atoms with E-state index in [-0.39, 0.29) is 17.5 Å². The van der Waals surface area contributed by atoms with Gasteiger partial charge in [0.15, 0.2) is 11.6 Å². The number of ketones is 2. The predicted molar refractivity (Wildman–Crippen MR) is 171 cm³/mol. The number of hydrogen-bond donors (Lipinski definition) is 1. The number of nitrogens with zero attached hydrogens (tertiary/aromatic N) is 1. The molecule has 1 fully saturated rings. The highest BCUT2D eigenvalue weighted by Crippen LogP contribution is 2.62. The van der Waals surface area contributed by atoms with Crippen molar-refractivity contribution in [3.05, 3.63) is 137 Å². The molecule has 7 rings (SSSR count). The zero-order valence-corrected chi connectivity index (χ0v) is 25.0. The second-order valence-electron chi connectivity index (χ2n) is 12.3. The van der Waals surface area contributed by atoms with Crippen molar-refractivity contribution in [1.82, 2.24) is 4.90 Å². The Balaban J connectivity index is 1.48. The van der Waals surface area contributed by atoms with E-state index in [4.69, 9.17) is 4.74 Å². The fourth-order valence-electron chi connectivity index (χ4n) is 7.57. The quantitative estimate of drug-likeness (QED) is 0.241. The summed E-state index contributed by atoms with van der Waals surface area (Å²) in [5.74, 6) is -0.722. The Bertz CT molecular complexity index is 1820. The lowest BCUT2D eigenvalue weighted by atomic mass is 9.62. The molecule has 0 aromatic heterocycles. The largest absolute Gasteiger partial charge is 0.497 e. The number of fused-ring (bicyclic) bond motifs is 6. The van der Waals surface area contributed by atoms with Crippen LogP contribution < -0.4 is 10.1 Å². The molecule has 6 heteroatoms. The third kappa shape index (κ3) is 4.12. The van der Waals surface area contributed by atoms with Crippen molar-refractivity contribution in [2.75, 3.05) is 12.4 Å². The number of carbonyl (C=O) groups excluding carboxylic acids is 3. The van der Waals surface area contributed by atoms with E-state index in [2.05, 4.69) is 19.2 Å². The Labute approximate surface area is 257 Å². The van der Waals surface area contributed by atoms with Gasteiger partial charge in [-0.2, -0.15) is 0 Å². The summed E-state index contributed by atoms with van der Waals surface area (Å²) < 4.78 is 5.45. The molecule has 0 saturated carbocycles. The minimum atomic E-state index is -1.36. The molecule has 0 bridgehead atoms. The molecule has 3 aliphatic rings. The Morgan fingerprint density at radius 1 is 0.886 bits per heavy atom. The van der Waals surface area contributed by atoms with Gasteiger partial charge in [0.2, 0.25) is 5.91 Å². The lowest BCUT2D eigenvalue weighted by molar-refractivity contribution is -0.122. The number of ether oxygens (including phenoxy) is 1. The first kappa shape index (κ1) is 27.8. The molecule has 4 atom stereocenters. The van der Waals surface area contributed by atoms with Gasteiger partial charge in [0.1, 0.15) is 17.2 Å². The SMILES string of the molecule is COc1cccc(C(=O)[C@@H]2[C@H](C(=O)c3ccc(CC(C)C)cc3)[C@]3(C(=O)Nc4ccccc43)[C@@H]3c4ccccc4C=CN23)c1. The van der Waals surface area contributed by atoms with Crippen LogP contribution in [0.5, 0.6) is 5.75 Å². The Hall–Kier alpha value is -4.97. The van der Waals surface area contributed by atoms with Crippen LogP contribution >= 0.6 is 0 Å². The standard InChI is InChI=1S/C38H34N2O4/c1-23(2)21-24-15-17-26(18-16-24)34(41)32-33(35(42)27-10-8-11-28(22-27)44-3)40-20-19-25-9-4-5-12-29(25)36(40)38(32)30-13-6-7-14-31(30)39-37(38)43/h4-20,22-23,32-33,36H,21H2,1-3H3,(H,39,43)/t32-,33+,36+,38+/m1/s1. The minimum absolute atomic E-state index is 0.227. The molecule has 1 spiro atoms. The summed E-state index contributed by atoms with van der Waals surface area (Å²) >= 11 is 0. The van der Waals surface area contributed by atoms with Crippen molar-refractivity contribution >= 4 is 29.2 Å². The van der Waals surface area contributed by atoms with E-state index in [1.165, 1.54) is 0 Å². The number of amides is 1. The number of anilines is 1. The molecule has 1 N–H and O–H groups in total. The van der Waals surface area contributed by atoms with Crippen LogP contribution in [0.25, 0.3) is 6.08 Å². The van der Waals surface area contributed by atoms with Crippen molar-refractivity contribution < 1.29 is 19.1 Å². The van der Waals surface area contributed by atoms with Gasteiger partial charge in [0.25, 0.3) is 0 Å². The summed E-state index contributed by atoms with van der Waals surface area (Å²) in [4.78, 5) is 46.3. The fraction of sp³-hybridized carbons (Fsp3) is 0.237. The summed E-state index contributed by atoms with van der Waals surface area (Å²) in [6.45, 7) is 4.32. The highest BCUT2D eigenvalue weighted by molar-refractivity contribution is 6.16. The van der Waals surface area contributed by atoms with E-state index in [0.29, 0.717) is 28.5 Å². The maximum Gasteiger partial charge on any atom is 0.238 e. The average molecular weight is 583 g/mol. The van der Waals surface area contributed by atoms with Crippen LogP contribution in [0.3, 0.4) is 0 Å². The van der Waals surface area contributed by atoms with Crippen molar-refractivity contribution in [3.8, 4) is 5.75 Å². The molecule has 3 heterocycles. The van der Waals surface area contributed by atoms with Crippen molar-refractivity contribution in [2.24, 2.45) is 11.8 Å². The smallest absolute Gasteiger partial charge is 0.238 e. The highest BCUT2D eigenvalue weighted by atomic mass is 16.5. The monoisotopic (exact) mass is 582 g/mol. The van der Waals surface area contributed by atoms with Crippen LogP contribution in [0, 0.1) is 11.8 Å². The maximum atomic E-state index is 15.0. The average Bonchev–Trinajstić information content (AvgIpc) is 3.52. The normalized spacial score (nSPS) is 22.9. The maximum absolute atomic E-state index is 15.0. The molecule has 1 amide bonds. The van der Waals surface area contributed by atoms with Crippen LogP contribution in [0.1, 0.15) is 62.9 Å². The number of hydrogen-bond acceptors (Lipinski definition) is 5. The molecule has 0 radical (unpaired) electrons. The van der Waals surface area contributed by atoms with Crippen LogP contribution in [0.15, 0.2) is 103 Å². The second kappa shape index (κ2) is 10.6. The number of para-hydroxylation sites is 1. The number of benzene rings is 4. The van der Waals surface area contributed by atoms with Gasteiger partial charge in [0, 0.05) is 23.0 Å². The van der Waals surface area contributed by atoms with Crippen molar-refractivity contribution in [2.45, 2.75) is 37.8 Å². The third-order valence-electron chi connectivity index (χ3n) is 9.36. The van der Waals surface area contributed by atoms with Crippen LogP contribution in [-0.2, 0) is 16.6 Å². The van der Waals surface area contributed by atoms with Gasteiger partial charge in [-0.15, -0.1) is 0 Å². The van der Waals surface area contributed by atoms with Crippen molar-refractivity contribution in [3.63, 3.8) is 0 Å². The first-order valence-corrected chi connectivity index (χ1v) is 15.1. The molecule has 4 aromatic rings. The summed E-state index contributed by atoms with van der Waals surface area (Å²) in [6.07, 6.45) is 4.76. The Morgan fingerprint density at radius 3 is 2.41 bits per heavy atom. The molecule has 44 heavy (non-hydrogen) atoms. The number of Topliss-reactive ketones (excluding diaryl/α,β-unsaturated/α-hetero) is 2. The van der Waals surface area contributed by atoms with Gasteiger partial charge in [-0.05, 0) is 58.9 Å². The topological polar surface area (TPSA) is 75.7 Å². The van der Waals surface area contributed by atoms with Gasteiger partial charge in [-0.3, -0.25) is 14.4 Å². The van der Waals surface area contributed by atoms with Gasteiger partial charge in [-0.1, -0.05) is 92.7 Å². The molecule has 4 aromatic carbocycles. The predicted octanol–water partition coefficient (Wildman–Crippen LogP) is 6.88. The van der Waals surface area contributed by atoms with Gasteiger partial charge in [0.05, 0.1) is 19.1 Å². The first-order valence-electron chi connectivity index (χ1n) is 15.1. The van der Waals surface area contributed by atoms with Gasteiger partial charge >= 0.3 is 0 Å². The molecule has 3 aliphatic heterocycles. The molecule has 6 nitrogen and oxygen atoms in total. The number of rotatable bonds is 7. The fourth-order valence-corrected chi connectivity index (χ4v) is 7.57. The van der Waals surface area contributed by atoms with Gasteiger partial charge < -0.3 is 15.0 Å². The zero-order valence-electron chi connectivity index (χ0n) is 25.0. The van der Waals surface area contributed by atoms with Crippen LogP contribution in [0.4, 0.5) is 5.69 Å². The first-order chi connectivity index (χ1) is 21.3. The van der Waals surface area contributed by atoms with E-state index in [0.717, 1.165) is 28.7 Å². The molecular formula is C38H34N2O4. The highest BCUT2D eigenvalue weighted by Gasteiger charge is 2.70.